The fourth-order valence-electron chi connectivity index (χ4n) is 2.04. The zero-order valence-electron chi connectivity index (χ0n) is 11.7. The molecule has 0 aliphatic carbocycles. The van der Waals surface area contributed by atoms with E-state index in [0.29, 0.717) is 22.3 Å². The van der Waals surface area contributed by atoms with Crippen LogP contribution in [0.15, 0.2) is 62.4 Å². The Balaban J connectivity index is 1.77. The number of benzene rings is 2. The van der Waals surface area contributed by atoms with Crippen LogP contribution in [0.25, 0.3) is 11.0 Å². The largest absolute Gasteiger partial charge is 0.485 e. The summed E-state index contributed by atoms with van der Waals surface area (Å²) in [4.78, 5) is 23.9. The van der Waals surface area contributed by atoms with E-state index in [2.05, 4.69) is 15.9 Å². The maximum atomic E-state index is 12.1. The standard InChI is InChI=1S/C17H10BrClO4/c18-11-3-1-10(2-4-11)15(20)9-22-12-5-6-13-16(7-12)23-8-14(19)17(13)21/h1-8H,9H2. The van der Waals surface area contributed by atoms with Crippen molar-refractivity contribution in [3.63, 3.8) is 0 Å². The van der Waals surface area contributed by atoms with Crippen LogP contribution in [0.2, 0.25) is 5.02 Å². The van der Waals surface area contributed by atoms with Gasteiger partial charge >= 0.3 is 0 Å². The summed E-state index contributed by atoms with van der Waals surface area (Å²) in [7, 11) is 0. The third-order valence-corrected chi connectivity index (χ3v) is 4.03. The second kappa shape index (κ2) is 6.56. The average Bonchev–Trinajstić information content (AvgIpc) is 2.56. The highest BCUT2D eigenvalue weighted by Crippen LogP contribution is 2.20. The van der Waals surface area contributed by atoms with Crippen molar-refractivity contribution in [2.45, 2.75) is 0 Å². The summed E-state index contributed by atoms with van der Waals surface area (Å²) in [5.74, 6) is 0.295. The SMILES string of the molecule is O=C(COc1ccc2c(=O)c(Cl)coc2c1)c1ccc(Br)cc1. The minimum atomic E-state index is -0.301. The molecule has 0 aliphatic rings. The number of hydrogen-bond donors (Lipinski definition) is 0. The van der Waals surface area contributed by atoms with E-state index >= 15 is 0 Å². The van der Waals surface area contributed by atoms with Gasteiger partial charge in [0.1, 0.15) is 22.6 Å². The van der Waals surface area contributed by atoms with E-state index in [9.17, 15) is 9.59 Å². The third kappa shape index (κ3) is 3.46. The summed E-state index contributed by atoms with van der Waals surface area (Å²) in [5.41, 5.74) is 0.616. The van der Waals surface area contributed by atoms with Gasteiger partial charge in [0.05, 0.1) is 5.39 Å². The molecular formula is C17H10BrClO4. The van der Waals surface area contributed by atoms with E-state index in [-0.39, 0.29) is 22.8 Å². The van der Waals surface area contributed by atoms with Crippen molar-refractivity contribution in [3.8, 4) is 5.75 Å². The van der Waals surface area contributed by atoms with Crippen LogP contribution < -0.4 is 10.2 Å². The van der Waals surface area contributed by atoms with Gasteiger partial charge in [-0.3, -0.25) is 9.59 Å². The first kappa shape index (κ1) is 15.8. The van der Waals surface area contributed by atoms with Crippen molar-refractivity contribution < 1.29 is 13.9 Å². The van der Waals surface area contributed by atoms with E-state index < -0.39 is 0 Å². The lowest BCUT2D eigenvalue weighted by molar-refractivity contribution is 0.0921. The first-order valence-electron chi connectivity index (χ1n) is 6.67. The van der Waals surface area contributed by atoms with E-state index in [1.54, 1.807) is 42.5 Å². The molecule has 3 aromatic rings. The summed E-state index contributed by atoms with van der Waals surface area (Å²) in [6.45, 7) is -0.106. The Morgan fingerprint density at radius 2 is 1.91 bits per heavy atom. The van der Waals surface area contributed by atoms with Crippen LogP contribution in [0, 0.1) is 0 Å². The minimum absolute atomic E-state index is 0.0246. The zero-order valence-corrected chi connectivity index (χ0v) is 14.1. The van der Waals surface area contributed by atoms with Gasteiger partial charge in [-0.15, -0.1) is 0 Å². The highest BCUT2D eigenvalue weighted by Gasteiger charge is 2.09. The number of ketones is 1. The molecule has 1 aromatic heterocycles. The van der Waals surface area contributed by atoms with Crippen LogP contribution in [0.3, 0.4) is 0 Å². The van der Waals surface area contributed by atoms with E-state index in [1.165, 1.54) is 6.26 Å². The normalized spacial score (nSPS) is 10.7. The Morgan fingerprint density at radius 1 is 1.17 bits per heavy atom. The van der Waals surface area contributed by atoms with Crippen LogP contribution in [0.4, 0.5) is 0 Å². The van der Waals surface area contributed by atoms with Gasteiger partial charge in [-0.25, -0.2) is 0 Å². The summed E-state index contributed by atoms with van der Waals surface area (Å²) in [6.07, 6.45) is 1.18. The van der Waals surface area contributed by atoms with Crippen LogP contribution in [-0.2, 0) is 0 Å². The lowest BCUT2D eigenvalue weighted by Gasteiger charge is -2.06. The highest BCUT2D eigenvalue weighted by atomic mass is 79.9. The first-order valence-corrected chi connectivity index (χ1v) is 7.84. The summed E-state index contributed by atoms with van der Waals surface area (Å²) in [6, 6.07) is 11.7. The molecule has 0 bridgehead atoms. The van der Waals surface area contributed by atoms with Gasteiger partial charge in [0.25, 0.3) is 0 Å². The average molecular weight is 394 g/mol. The number of rotatable bonds is 4. The number of Topliss-reactive ketones (excluding diaryl/α,β-unsaturated/α-hetero) is 1. The van der Waals surface area contributed by atoms with Crippen LogP contribution in [-0.4, -0.2) is 12.4 Å². The zero-order chi connectivity index (χ0) is 16.4. The maximum absolute atomic E-state index is 12.1. The molecule has 0 amide bonds. The van der Waals surface area contributed by atoms with E-state index in [0.717, 1.165) is 4.47 Å². The topological polar surface area (TPSA) is 56.5 Å². The molecule has 0 N–H and O–H groups in total. The molecule has 0 radical (unpaired) electrons. The van der Waals surface area contributed by atoms with Crippen LogP contribution in [0.5, 0.6) is 5.75 Å². The first-order chi connectivity index (χ1) is 11.0. The van der Waals surface area contributed by atoms with Gasteiger partial charge < -0.3 is 9.15 Å². The van der Waals surface area contributed by atoms with E-state index in [1.807, 2.05) is 0 Å². The second-order valence-electron chi connectivity index (χ2n) is 4.79. The molecular weight excluding hydrogens is 384 g/mol. The number of fused-ring (bicyclic) bond motifs is 1. The molecule has 1 heterocycles. The van der Waals surface area contributed by atoms with Gasteiger partial charge in [-0.1, -0.05) is 39.7 Å². The second-order valence-corrected chi connectivity index (χ2v) is 6.11. The molecule has 23 heavy (non-hydrogen) atoms. The number of hydrogen-bond acceptors (Lipinski definition) is 4. The highest BCUT2D eigenvalue weighted by molar-refractivity contribution is 9.10. The molecule has 0 fully saturated rings. The molecule has 6 heteroatoms. The van der Waals surface area contributed by atoms with Gasteiger partial charge in [0, 0.05) is 16.1 Å². The number of ether oxygens (including phenoxy) is 1. The van der Waals surface area contributed by atoms with E-state index in [4.69, 9.17) is 20.8 Å². The fraction of sp³-hybridized carbons (Fsp3) is 0.0588. The maximum Gasteiger partial charge on any atom is 0.211 e. The quantitative estimate of drug-likeness (QED) is 0.614. The molecule has 2 aromatic carbocycles. The van der Waals surface area contributed by atoms with Crippen molar-refractivity contribution in [2.24, 2.45) is 0 Å². The predicted octanol–water partition coefficient (Wildman–Crippen LogP) is 4.47. The van der Waals surface area contributed by atoms with Crippen LogP contribution >= 0.6 is 27.5 Å². The molecule has 0 saturated heterocycles. The molecule has 0 aliphatic heterocycles. The van der Waals surface area contributed by atoms with Crippen molar-refractivity contribution in [2.75, 3.05) is 6.61 Å². The smallest absolute Gasteiger partial charge is 0.211 e. The van der Waals surface area contributed by atoms with Crippen molar-refractivity contribution in [3.05, 3.63) is 74.0 Å². The molecule has 116 valence electrons. The van der Waals surface area contributed by atoms with Gasteiger partial charge in [0.2, 0.25) is 5.43 Å². The third-order valence-electron chi connectivity index (χ3n) is 3.24. The van der Waals surface area contributed by atoms with Crippen molar-refractivity contribution >= 4 is 44.3 Å². The van der Waals surface area contributed by atoms with Gasteiger partial charge in [-0.2, -0.15) is 0 Å². The number of carbonyl (C=O) groups is 1. The molecule has 4 nitrogen and oxygen atoms in total. The lowest BCUT2D eigenvalue weighted by Crippen LogP contribution is -2.11. The fourth-order valence-corrected chi connectivity index (χ4v) is 2.45. The van der Waals surface area contributed by atoms with Gasteiger partial charge in [0.15, 0.2) is 12.4 Å². The molecule has 0 saturated carbocycles. The Kier molecular flexibility index (Phi) is 4.50. The molecule has 0 unspecified atom stereocenters. The number of carbonyl (C=O) groups excluding carboxylic acids is 1. The van der Waals surface area contributed by atoms with Crippen molar-refractivity contribution in [1.82, 2.24) is 0 Å². The summed E-state index contributed by atoms with van der Waals surface area (Å²) in [5, 5.41) is 0.390. The monoisotopic (exact) mass is 392 g/mol. The van der Waals surface area contributed by atoms with Crippen molar-refractivity contribution in [1.29, 1.82) is 0 Å². The Bertz CT molecular complexity index is 931. The Labute approximate surface area is 144 Å². The molecule has 0 spiro atoms. The Morgan fingerprint density at radius 3 is 2.65 bits per heavy atom. The Hall–Kier alpha value is -2.11. The summed E-state index contributed by atoms with van der Waals surface area (Å²) >= 11 is 9.04. The summed E-state index contributed by atoms with van der Waals surface area (Å²) < 4.78 is 11.6. The predicted molar refractivity (Wildman–Crippen MR) is 91.5 cm³/mol. The molecule has 3 rings (SSSR count). The van der Waals surface area contributed by atoms with Crippen LogP contribution in [0.1, 0.15) is 10.4 Å². The van der Waals surface area contributed by atoms with Gasteiger partial charge in [-0.05, 0) is 24.3 Å². The lowest BCUT2D eigenvalue weighted by atomic mass is 10.1. The minimum Gasteiger partial charge on any atom is -0.485 e. The number of halogens is 2. The molecule has 0 atom stereocenters.